The lowest BCUT2D eigenvalue weighted by atomic mass is 10.1. The van der Waals surface area contributed by atoms with Crippen molar-refractivity contribution in [3.63, 3.8) is 0 Å². The van der Waals surface area contributed by atoms with Gasteiger partial charge in [-0.15, -0.1) is 12.4 Å². The summed E-state index contributed by atoms with van der Waals surface area (Å²) < 4.78 is 2.04. The summed E-state index contributed by atoms with van der Waals surface area (Å²) in [4.78, 5) is 12.1. The number of amides is 1. The Kier molecular flexibility index (Phi) is 7.45. The standard InChI is InChI=1S/C21H30N4O.ClH/c1-14-4-6-17(7-5-14)13-25-16(3)19(15(2)24-25)10-11-21(26)23-12-20(22)18-8-9-18;/h4-7,18,20H,8-13,22H2,1-3H3,(H,23,26);1H. The number of aryl methyl sites for hydroxylation is 2. The fourth-order valence-corrected chi connectivity index (χ4v) is 3.37. The molecule has 0 bridgehead atoms. The van der Waals surface area contributed by atoms with E-state index in [0.717, 1.165) is 24.4 Å². The molecule has 1 saturated carbocycles. The second-order valence-corrected chi connectivity index (χ2v) is 7.60. The molecule has 0 saturated heterocycles. The lowest BCUT2D eigenvalue weighted by Crippen LogP contribution is -2.38. The minimum atomic E-state index is 0. The average Bonchev–Trinajstić information content (AvgIpc) is 3.42. The molecule has 1 amide bonds. The molecule has 3 rings (SSSR count). The third-order valence-corrected chi connectivity index (χ3v) is 5.35. The number of aromatic nitrogens is 2. The molecule has 1 aliphatic rings. The van der Waals surface area contributed by atoms with Crippen LogP contribution in [0.4, 0.5) is 0 Å². The monoisotopic (exact) mass is 390 g/mol. The first-order valence-corrected chi connectivity index (χ1v) is 9.54. The number of nitrogens with zero attached hydrogens (tertiary/aromatic N) is 2. The van der Waals surface area contributed by atoms with Crippen LogP contribution in [0.2, 0.25) is 0 Å². The molecule has 1 atom stereocenters. The molecular formula is C21H31ClN4O. The molecule has 1 aliphatic carbocycles. The van der Waals surface area contributed by atoms with Gasteiger partial charge in [0.1, 0.15) is 0 Å². The predicted octanol–water partition coefficient (Wildman–Crippen LogP) is 3.06. The van der Waals surface area contributed by atoms with Crippen molar-refractivity contribution in [1.82, 2.24) is 15.1 Å². The van der Waals surface area contributed by atoms with E-state index in [1.807, 2.05) is 11.6 Å². The van der Waals surface area contributed by atoms with Crippen LogP contribution < -0.4 is 11.1 Å². The van der Waals surface area contributed by atoms with Gasteiger partial charge in [-0.25, -0.2) is 0 Å². The van der Waals surface area contributed by atoms with Crippen LogP contribution in [0.5, 0.6) is 0 Å². The molecule has 0 spiro atoms. The van der Waals surface area contributed by atoms with Gasteiger partial charge in [-0.2, -0.15) is 5.10 Å². The van der Waals surface area contributed by atoms with Crippen LogP contribution in [0.25, 0.3) is 0 Å². The van der Waals surface area contributed by atoms with Gasteiger partial charge in [-0.05, 0) is 57.1 Å². The van der Waals surface area contributed by atoms with Gasteiger partial charge in [0.25, 0.3) is 0 Å². The maximum Gasteiger partial charge on any atom is 0.220 e. The largest absolute Gasteiger partial charge is 0.355 e. The van der Waals surface area contributed by atoms with E-state index in [0.29, 0.717) is 18.9 Å². The first-order chi connectivity index (χ1) is 12.4. The van der Waals surface area contributed by atoms with Gasteiger partial charge in [0.15, 0.2) is 0 Å². The number of nitrogens with one attached hydrogen (secondary N) is 1. The predicted molar refractivity (Wildman–Crippen MR) is 111 cm³/mol. The maximum absolute atomic E-state index is 12.1. The van der Waals surface area contributed by atoms with E-state index in [1.54, 1.807) is 0 Å². The summed E-state index contributed by atoms with van der Waals surface area (Å²) in [6.45, 7) is 7.55. The van der Waals surface area contributed by atoms with E-state index < -0.39 is 0 Å². The van der Waals surface area contributed by atoms with Gasteiger partial charge in [0, 0.05) is 24.7 Å². The highest BCUT2D eigenvalue weighted by atomic mass is 35.5. The SMILES string of the molecule is Cc1ccc(Cn2nc(C)c(CCC(=O)NCC(N)C3CC3)c2C)cc1.Cl. The molecule has 0 radical (unpaired) electrons. The normalized spacial score (nSPS) is 14.5. The van der Waals surface area contributed by atoms with Crippen molar-refractivity contribution in [2.45, 2.75) is 59.0 Å². The number of hydrogen-bond acceptors (Lipinski definition) is 3. The van der Waals surface area contributed by atoms with Crippen LogP contribution in [-0.2, 0) is 17.8 Å². The second-order valence-electron chi connectivity index (χ2n) is 7.60. The molecule has 5 nitrogen and oxygen atoms in total. The van der Waals surface area contributed by atoms with Crippen LogP contribution in [0, 0.1) is 26.7 Å². The lowest BCUT2D eigenvalue weighted by Gasteiger charge is -2.11. The highest BCUT2D eigenvalue weighted by molar-refractivity contribution is 5.85. The highest BCUT2D eigenvalue weighted by Gasteiger charge is 2.28. The number of hydrogen-bond donors (Lipinski definition) is 2. The number of halogens is 1. The lowest BCUT2D eigenvalue weighted by molar-refractivity contribution is -0.121. The molecular weight excluding hydrogens is 360 g/mol. The fourth-order valence-electron chi connectivity index (χ4n) is 3.37. The summed E-state index contributed by atoms with van der Waals surface area (Å²) in [6, 6.07) is 8.64. The molecule has 1 aromatic carbocycles. The number of rotatable bonds is 8. The molecule has 1 heterocycles. The van der Waals surface area contributed by atoms with Gasteiger partial charge < -0.3 is 11.1 Å². The Morgan fingerprint density at radius 2 is 1.93 bits per heavy atom. The third kappa shape index (κ3) is 5.81. The zero-order valence-electron chi connectivity index (χ0n) is 16.5. The highest BCUT2D eigenvalue weighted by Crippen LogP contribution is 2.31. The van der Waals surface area contributed by atoms with Crippen LogP contribution in [0.15, 0.2) is 24.3 Å². The molecule has 0 aliphatic heterocycles. The van der Waals surface area contributed by atoms with Gasteiger partial charge in [0.05, 0.1) is 12.2 Å². The van der Waals surface area contributed by atoms with Crippen molar-refractivity contribution >= 4 is 18.3 Å². The fraction of sp³-hybridized carbons (Fsp3) is 0.524. The summed E-state index contributed by atoms with van der Waals surface area (Å²) in [5, 5.41) is 7.65. The average molecular weight is 391 g/mol. The second kappa shape index (κ2) is 9.38. The van der Waals surface area contributed by atoms with E-state index in [1.165, 1.54) is 29.5 Å². The minimum absolute atomic E-state index is 0. The van der Waals surface area contributed by atoms with Gasteiger partial charge in [-0.1, -0.05) is 29.8 Å². The van der Waals surface area contributed by atoms with Crippen LogP contribution >= 0.6 is 12.4 Å². The Balaban J connectivity index is 0.00000261. The molecule has 1 aromatic heterocycles. The number of carbonyl (C=O) groups is 1. The topological polar surface area (TPSA) is 72.9 Å². The minimum Gasteiger partial charge on any atom is -0.355 e. The summed E-state index contributed by atoms with van der Waals surface area (Å²) in [6.07, 6.45) is 3.61. The molecule has 3 N–H and O–H groups in total. The Bertz CT molecular complexity index is 765. The summed E-state index contributed by atoms with van der Waals surface area (Å²) in [5.74, 6) is 0.686. The van der Waals surface area contributed by atoms with Gasteiger partial charge in [-0.3, -0.25) is 9.48 Å². The summed E-state index contributed by atoms with van der Waals surface area (Å²) >= 11 is 0. The summed E-state index contributed by atoms with van der Waals surface area (Å²) in [5.41, 5.74) is 11.9. The maximum atomic E-state index is 12.1. The third-order valence-electron chi connectivity index (χ3n) is 5.35. The van der Waals surface area contributed by atoms with Crippen molar-refractivity contribution in [1.29, 1.82) is 0 Å². The molecule has 2 aromatic rings. The van der Waals surface area contributed by atoms with Crippen LogP contribution in [0.3, 0.4) is 0 Å². The Labute approximate surface area is 168 Å². The van der Waals surface area contributed by atoms with E-state index in [-0.39, 0.29) is 24.4 Å². The number of benzene rings is 1. The Morgan fingerprint density at radius 1 is 1.26 bits per heavy atom. The zero-order valence-corrected chi connectivity index (χ0v) is 17.3. The molecule has 6 heteroatoms. The Morgan fingerprint density at radius 3 is 2.56 bits per heavy atom. The van der Waals surface area contributed by atoms with E-state index in [4.69, 9.17) is 5.73 Å². The van der Waals surface area contributed by atoms with Crippen molar-refractivity contribution in [2.24, 2.45) is 11.7 Å². The van der Waals surface area contributed by atoms with Crippen molar-refractivity contribution < 1.29 is 4.79 Å². The van der Waals surface area contributed by atoms with E-state index in [9.17, 15) is 4.79 Å². The molecule has 1 fully saturated rings. The zero-order chi connectivity index (χ0) is 18.7. The van der Waals surface area contributed by atoms with Gasteiger partial charge in [0.2, 0.25) is 5.91 Å². The summed E-state index contributed by atoms with van der Waals surface area (Å²) in [7, 11) is 0. The molecule has 1 unspecified atom stereocenters. The van der Waals surface area contributed by atoms with Gasteiger partial charge >= 0.3 is 0 Å². The smallest absolute Gasteiger partial charge is 0.220 e. The number of carbonyl (C=O) groups excluding carboxylic acids is 1. The van der Waals surface area contributed by atoms with Crippen LogP contribution in [0.1, 0.15) is 47.3 Å². The molecule has 27 heavy (non-hydrogen) atoms. The van der Waals surface area contributed by atoms with Crippen molar-refractivity contribution in [3.8, 4) is 0 Å². The van der Waals surface area contributed by atoms with Crippen LogP contribution in [-0.4, -0.2) is 28.3 Å². The van der Waals surface area contributed by atoms with E-state index in [2.05, 4.69) is 48.5 Å². The first-order valence-electron chi connectivity index (χ1n) is 9.54. The van der Waals surface area contributed by atoms with E-state index >= 15 is 0 Å². The number of nitrogens with two attached hydrogens (primary N) is 1. The van der Waals surface area contributed by atoms with Crippen molar-refractivity contribution in [2.75, 3.05) is 6.54 Å². The first kappa shape index (κ1) is 21.5. The van der Waals surface area contributed by atoms with Crippen molar-refractivity contribution in [3.05, 3.63) is 52.3 Å². The Hall–Kier alpha value is -1.85. The molecule has 148 valence electrons. The quantitative estimate of drug-likeness (QED) is 0.727.